The molecule has 88 valence electrons. The molecule has 1 aliphatic heterocycles. The van der Waals surface area contributed by atoms with Crippen LogP contribution in [0.4, 0.5) is 0 Å². The Morgan fingerprint density at radius 2 is 2.25 bits per heavy atom. The molecule has 1 aromatic heterocycles. The molecule has 1 aromatic rings. The first kappa shape index (κ1) is 11.1. The Kier molecular flexibility index (Phi) is 3.93. The van der Waals surface area contributed by atoms with Gasteiger partial charge in [-0.2, -0.15) is 4.98 Å². The summed E-state index contributed by atoms with van der Waals surface area (Å²) in [5.41, 5.74) is 0. The number of piperidine rings is 1. The quantitative estimate of drug-likeness (QED) is 0.825. The fraction of sp³-hybridized carbons (Fsp3) is 0.636. The van der Waals surface area contributed by atoms with Gasteiger partial charge in [0.2, 0.25) is 11.8 Å². The van der Waals surface area contributed by atoms with Gasteiger partial charge in [-0.3, -0.25) is 4.98 Å². The Morgan fingerprint density at radius 1 is 1.38 bits per heavy atom. The zero-order chi connectivity index (χ0) is 11.2. The highest BCUT2D eigenvalue weighted by atomic mass is 16.5. The number of hydrogen-bond donors (Lipinski definition) is 1. The van der Waals surface area contributed by atoms with Crippen LogP contribution in [0.15, 0.2) is 12.4 Å². The van der Waals surface area contributed by atoms with E-state index in [0.717, 1.165) is 13.0 Å². The van der Waals surface area contributed by atoms with E-state index in [0.29, 0.717) is 24.4 Å². The predicted molar refractivity (Wildman–Crippen MR) is 59.7 cm³/mol. The maximum absolute atomic E-state index is 5.57. The summed E-state index contributed by atoms with van der Waals surface area (Å²) in [5.74, 6) is 1.00. The van der Waals surface area contributed by atoms with Crippen LogP contribution >= 0.6 is 0 Å². The molecule has 1 saturated heterocycles. The highest BCUT2D eigenvalue weighted by Gasteiger charge is 2.13. The molecular formula is C11H17N3O2. The van der Waals surface area contributed by atoms with E-state index in [1.165, 1.54) is 12.8 Å². The van der Waals surface area contributed by atoms with Crippen LogP contribution in [0.3, 0.4) is 0 Å². The van der Waals surface area contributed by atoms with Crippen molar-refractivity contribution in [2.75, 3.05) is 20.3 Å². The van der Waals surface area contributed by atoms with Crippen molar-refractivity contribution in [1.82, 2.24) is 15.3 Å². The monoisotopic (exact) mass is 223 g/mol. The molecule has 0 saturated carbocycles. The maximum atomic E-state index is 5.57. The van der Waals surface area contributed by atoms with E-state index in [1.807, 2.05) is 0 Å². The first-order valence-corrected chi connectivity index (χ1v) is 5.60. The van der Waals surface area contributed by atoms with Gasteiger partial charge in [-0.1, -0.05) is 6.42 Å². The van der Waals surface area contributed by atoms with Crippen molar-refractivity contribution in [2.45, 2.75) is 25.3 Å². The van der Waals surface area contributed by atoms with E-state index in [9.17, 15) is 0 Å². The normalized spacial score (nSPS) is 20.4. The van der Waals surface area contributed by atoms with Gasteiger partial charge in [0, 0.05) is 6.04 Å². The topological polar surface area (TPSA) is 56.3 Å². The van der Waals surface area contributed by atoms with Gasteiger partial charge < -0.3 is 14.8 Å². The zero-order valence-electron chi connectivity index (χ0n) is 9.48. The lowest BCUT2D eigenvalue weighted by molar-refractivity contribution is 0.228. The molecule has 5 nitrogen and oxygen atoms in total. The fourth-order valence-corrected chi connectivity index (χ4v) is 1.75. The van der Waals surface area contributed by atoms with Crippen molar-refractivity contribution in [3.8, 4) is 11.8 Å². The molecule has 0 aromatic carbocycles. The van der Waals surface area contributed by atoms with Gasteiger partial charge in [0.1, 0.15) is 6.61 Å². The molecule has 1 N–H and O–H groups in total. The highest BCUT2D eigenvalue weighted by molar-refractivity contribution is 5.12. The summed E-state index contributed by atoms with van der Waals surface area (Å²) < 4.78 is 10.5. The van der Waals surface area contributed by atoms with Gasteiger partial charge in [-0.15, -0.1) is 0 Å². The van der Waals surface area contributed by atoms with E-state index in [2.05, 4.69) is 15.3 Å². The summed E-state index contributed by atoms with van der Waals surface area (Å²) in [6.07, 6.45) is 6.86. The number of hydrogen-bond acceptors (Lipinski definition) is 5. The molecule has 0 aliphatic carbocycles. The first-order chi connectivity index (χ1) is 7.88. The van der Waals surface area contributed by atoms with E-state index in [-0.39, 0.29) is 0 Å². The lowest BCUT2D eigenvalue weighted by Gasteiger charge is -2.23. The molecule has 1 unspecified atom stereocenters. The summed E-state index contributed by atoms with van der Waals surface area (Å²) in [7, 11) is 1.57. The second-order valence-electron chi connectivity index (χ2n) is 3.86. The number of ether oxygens (including phenoxy) is 2. The van der Waals surface area contributed by atoms with Gasteiger partial charge >= 0.3 is 0 Å². The summed E-state index contributed by atoms with van der Waals surface area (Å²) in [4.78, 5) is 8.13. The highest BCUT2D eigenvalue weighted by Crippen LogP contribution is 2.12. The van der Waals surface area contributed by atoms with Gasteiger partial charge in [0.05, 0.1) is 19.5 Å². The predicted octanol–water partition coefficient (Wildman–Crippen LogP) is 1.01. The first-order valence-electron chi connectivity index (χ1n) is 5.60. The summed E-state index contributed by atoms with van der Waals surface area (Å²) in [6, 6.07) is 0.432. The second kappa shape index (κ2) is 5.65. The molecule has 2 rings (SSSR count). The average Bonchev–Trinajstić information content (AvgIpc) is 2.38. The van der Waals surface area contributed by atoms with Gasteiger partial charge in [0.25, 0.3) is 0 Å². The summed E-state index contributed by atoms with van der Waals surface area (Å²) in [5, 5.41) is 3.41. The molecule has 1 aliphatic rings. The molecule has 0 spiro atoms. The minimum atomic E-state index is 0.432. The van der Waals surface area contributed by atoms with Crippen LogP contribution in [0.5, 0.6) is 11.8 Å². The Bertz CT molecular complexity index is 327. The molecule has 0 radical (unpaired) electrons. The lowest BCUT2D eigenvalue weighted by Crippen LogP contribution is -2.38. The summed E-state index contributed by atoms with van der Waals surface area (Å²) in [6.45, 7) is 1.72. The van der Waals surface area contributed by atoms with Crippen LogP contribution in [0.25, 0.3) is 0 Å². The average molecular weight is 223 g/mol. The smallest absolute Gasteiger partial charge is 0.235 e. The van der Waals surface area contributed by atoms with Crippen molar-refractivity contribution in [3.05, 3.63) is 12.4 Å². The lowest BCUT2D eigenvalue weighted by atomic mass is 10.1. The zero-order valence-corrected chi connectivity index (χ0v) is 9.48. The Balaban J connectivity index is 1.83. The molecule has 5 heteroatoms. The summed E-state index contributed by atoms with van der Waals surface area (Å²) >= 11 is 0. The Morgan fingerprint density at radius 3 is 3.00 bits per heavy atom. The van der Waals surface area contributed by atoms with Crippen molar-refractivity contribution in [3.63, 3.8) is 0 Å². The van der Waals surface area contributed by atoms with Crippen LogP contribution in [0, 0.1) is 0 Å². The fourth-order valence-electron chi connectivity index (χ4n) is 1.75. The SMILES string of the molecule is COc1cncc(OCC2CCCCN2)n1. The van der Waals surface area contributed by atoms with Gasteiger partial charge in [-0.05, 0) is 19.4 Å². The largest absolute Gasteiger partial charge is 0.480 e. The molecule has 1 fully saturated rings. The molecule has 0 amide bonds. The molecule has 0 bridgehead atoms. The van der Waals surface area contributed by atoms with Crippen LogP contribution < -0.4 is 14.8 Å². The number of aromatic nitrogens is 2. The molecule has 16 heavy (non-hydrogen) atoms. The molecular weight excluding hydrogens is 206 g/mol. The van der Waals surface area contributed by atoms with E-state index >= 15 is 0 Å². The second-order valence-corrected chi connectivity index (χ2v) is 3.86. The standard InChI is InChI=1S/C11H17N3O2/c1-15-10-6-12-7-11(14-10)16-8-9-4-2-3-5-13-9/h6-7,9,13H,2-5,8H2,1H3. The van der Waals surface area contributed by atoms with Crippen molar-refractivity contribution in [1.29, 1.82) is 0 Å². The van der Waals surface area contributed by atoms with E-state index in [1.54, 1.807) is 19.5 Å². The minimum Gasteiger partial charge on any atom is -0.480 e. The molecule has 1 atom stereocenters. The maximum Gasteiger partial charge on any atom is 0.235 e. The number of nitrogens with one attached hydrogen (secondary N) is 1. The van der Waals surface area contributed by atoms with E-state index < -0.39 is 0 Å². The van der Waals surface area contributed by atoms with Crippen LogP contribution in [0.1, 0.15) is 19.3 Å². The van der Waals surface area contributed by atoms with Crippen molar-refractivity contribution < 1.29 is 9.47 Å². The number of nitrogens with zero attached hydrogens (tertiary/aromatic N) is 2. The Labute approximate surface area is 95.2 Å². The number of rotatable bonds is 4. The van der Waals surface area contributed by atoms with Crippen molar-refractivity contribution >= 4 is 0 Å². The van der Waals surface area contributed by atoms with Crippen LogP contribution in [-0.4, -0.2) is 36.3 Å². The minimum absolute atomic E-state index is 0.432. The van der Waals surface area contributed by atoms with Gasteiger partial charge in [-0.25, -0.2) is 0 Å². The Hall–Kier alpha value is -1.36. The van der Waals surface area contributed by atoms with Crippen molar-refractivity contribution in [2.24, 2.45) is 0 Å². The number of methoxy groups -OCH3 is 1. The molecule has 2 heterocycles. The van der Waals surface area contributed by atoms with Crippen LogP contribution in [-0.2, 0) is 0 Å². The van der Waals surface area contributed by atoms with E-state index in [4.69, 9.17) is 9.47 Å². The third kappa shape index (κ3) is 3.06. The third-order valence-electron chi connectivity index (χ3n) is 2.64. The van der Waals surface area contributed by atoms with Gasteiger partial charge in [0.15, 0.2) is 0 Å². The third-order valence-corrected chi connectivity index (χ3v) is 2.64. The van der Waals surface area contributed by atoms with Crippen LogP contribution in [0.2, 0.25) is 0 Å².